The first-order valence-corrected chi connectivity index (χ1v) is 9.67. The van der Waals surface area contributed by atoms with E-state index in [9.17, 15) is 8.42 Å². The molecule has 5 heteroatoms. The molecule has 0 spiro atoms. The van der Waals surface area contributed by atoms with Crippen LogP contribution >= 0.6 is 0 Å². The van der Waals surface area contributed by atoms with E-state index in [0.717, 1.165) is 53.7 Å². The van der Waals surface area contributed by atoms with Crippen molar-refractivity contribution in [2.75, 3.05) is 13.1 Å². The van der Waals surface area contributed by atoms with Crippen molar-refractivity contribution in [3.63, 3.8) is 0 Å². The molecule has 0 fully saturated rings. The van der Waals surface area contributed by atoms with Crippen LogP contribution in [0.2, 0.25) is 0 Å². The molecule has 0 amide bonds. The molecule has 4 rings (SSSR count). The SMILES string of the molecule is Cc1ccc(S(=O)(=O)n2c3c(c4ccccc42)CCNCC3)cc1. The van der Waals surface area contributed by atoms with Crippen LogP contribution in [0.5, 0.6) is 0 Å². The van der Waals surface area contributed by atoms with E-state index >= 15 is 0 Å². The van der Waals surface area contributed by atoms with Gasteiger partial charge in [-0.05, 0) is 43.7 Å². The number of nitrogens with zero attached hydrogens (tertiary/aromatic N) is 1. The fraction of sp³-hybridized carbons (Fsp3) is 0.263. The van der Waals surface area contributed by atoms with Gasteiger partial charge in [0.2, 0.25) is 0 Å². The van der Waals surface area contributed by atoms with E-state index in [4.69, 9.17) is 0 Å². The fourth-order valence-corrected chi connectivity index (χ4v) is 5.10. The molecule has 0 bridgehead atoms. The lowest BCUT2D eigenvalue weighted by Crippen LogP contribution is -2.19. The first-order chi connectivity index (χ1) is 11.6. The zero-order valence-corrected chi connectivity index (χ0v) is 14.4. The summed E-state index contributed by atoms with van der Waals surface area (Å²) in [7, 11) is -3.61. The Morgan fingerprint density at radius 3 is 2.46 bits per heavy atom. The third kappa shape index (κ3) is 2.36. The topological polar surface area (TPSA) is 51.1 Å². The van der Waals surface area contributed by atoms with Crippen molar-refractivity contribution in [3.05, 3.63) is 65.4 Å². The number of aromatic nitrogens is 1. The van der Waals surface area contributed by atoms with Crippen LogP contribution in [0.3, 0.4) is 0 Å². The highest BCUT2D eigenvalue weighted by molar-refractivity contribution is 7.90. The van der Waals surface area contributed by atoms with E-state index in [1.165, 1.54) is 0 Å². The maximum absolute atomic E-state index is 13.3. The van der Waals surface area contributed by atoms with Crippen LogP contribution < -0.4 is 5.32 Å². The lowest BCUT2D eigenvalue weighted by atomic mass is 10.1. The molecule has 2 aromatic carbocycles. The van der Waals surface area contributed by atoms with Crippen molar-refractivity contribution in [3.8, 4) is 0 Å². The van der Waals surface area contributed by atoms with Crippen LogP contribution in [0, 0.1) is 6.92 Å². The van der Waals surface area contributed by atoms with Gasteiger partial charge >= 0.3 is 0 Å². The van der Waals surface area contributed by atoms with Crippen molar-refractivity contribution in [2.45, 2.75) is 24.7 Å². The van der Waals surface area contributed by atoms with Gasteiger partial charge in [0.15, 0.2) is 0 Å². The number of benzene rings is 2. The van der Waals surface area contributed by atoms with Gasteiger partial charge in [-0.3, -0.25) is 0 Å². The number of rotatable bonds is 2. The van der Waals surface area contributed by atoms with Gasteiger partial charge in [-0.2, -0.15) is 0 Å². The third-order valence-electron chi connectivity index (χ3n) is 4.69. The molecule has 1 aliphatic heterocycles. The molecule has 0 saturated heterocycles. The molecular weight excluding hydrogens is 320 g/mol. The van der Waals surface area contributed by atoms with Crippen molar-refractivity contribution < 1.29 is 8.42 Å². The van der Waals surface area contributed by atoms with Crippen LogP contribution in [0.1, 0.15) is 16.8 Å². The molecule has 0 saturated carbocycles. The van der Waals surface area contributed by atoms with Gasteiger partial charge in [0.1, 0.15) is 0 Å². The van der Waals surface area contributed by atoms with E-state index < -0.39 is 10.0 Å². The smallest absolute Gasteiger partial charge is 0.268 e. The van der Waals surface area contributed by atoms with Crippen LogP contribution in [-0.4, -0.2) is 25.5 Å². The molecule has 1 aromatic heterocycles. The quantitative estimate of drug-likeness (QED) is 0.780. The normalized spacial score (nSPS) is 15.2. The standard InChI is InChI=1S/C19H20N2O2S/c1-14-6-8-15(9-7-14)24(22,23)21-18-5-3-2-4-16(18)17-10-12-20-13-11-19(17)21/h2-9,20H,10-13H2,1H3. The predicted molar refractivity (Wildman–Crippen MR) is 96.0 cm³/mol. The monoisotopic (exact) mass is 340 g/mol. The molecule has 4 nitrogen and oxygen atoms in total. The van der Waals surface area contributed by atoms with Crippen molar-refractivity contribution in [2.24, 2.45) is 0 Å². The minimum Gasteiger partial charge on any atom is -0.316 e. The zero-order valence-electron chi connectivity index (χ0n) is 13.6. The average Bonchev–Trinajstić information content (AvgIpc) is 2.72. The summed E-state index contributed by atoms with van der Waals surface area (Å²) in [5.74, 6) is 0. The number of fused-ring (bicyclic) bond motifs is 3. The highest BCUT2D eigenvalue weighted by Gasteiger charge is 2.27. The maximum Gasteiger partial charge on any atom is 0.268 e. The molecular formula is C19H20N2O2S. The van der Waals surface area contributed by atoms with E-state index in [1.54, 1.807) is 16.1 Å². The second-order valence-electron chi connectivity index (χ2n) is 6.27. The molecule has 124 valence electrons. The van der Waals surface area contributed by atoms with E-state index in [-0.39, 0.29) is 0 Å². The number of para-hydroxylation sites is 1. The summed E-state index contributed by atoms with van der Waals surface area (Å²) in [6.45, 7) is 3.64. The molecule has 0 atom stereocenters. The van der Waals surface area contributed by atoms with Gasteiger partial charge in [-0.25, -0.2) is 12.4 Å². The number of hydrogen-bond acceptors (Lipinski definition) is 3. The number of nitrogens with one attached hydrogen (secondary N) is 1. The largest absolute Gasteiger partial charge is 0.316 e. The highest BCUT2D eigenvalue weighted by atomic mass is 32.2. The zero-order chi connectivity index (χ0) is 16.7. The van der Waals surface area contributed by atoms with Gasteiger partial charge < -0.3 is 5.32 Å². The summed E-state index contributed by atoms with van der Waals surface area (Å²) < 4.78 is 28.3. The summed E-state index contributed by atoms with van der Waals surface area (Å²) in [6.07, 6.45) is 1.57. The van der Waals surface area contributed by atoms with Gasteiger partial charge in [-0.15, -0.1) is 0 Å². The minimum absolute atomic E-state index is 0.342. The molecule has 1 aliphatic rings. The van der Waals surface area contributed by atoms with Crippen LogP contribution in [0.25, 0.3) is 10.9 Å². The predicted octanol–water partition coefficient (Wildman–Crippen LogP) is 2.87. The summed E-state index contributed by atoms with van der Waals surface area (Å²) in [6, 6.07) is 14.9. The molecule has 24 heavy (non-hydrogen) atoms. The third-order valence-corrected chi connectivity index (χ3v) is 6.46. The van der Waals surface area contributed by atoms with E-state index in [0.29, 0.717) is 4.90 Å². The molecule has 0 unspecified atom stereocenters. The Morgan fingerprint density at radius 2 is 1.67 bits per heavy atom. The Hall–Kier alpha value is -2.11. The minimum atomic E-state index is -3.61. The molecule has 0 aliphatic carbocycles. The lowest BCUT2D eigenvalue weighted by Gasteiger charge is -2.12. The molecule has 0 radical (unpaired) electrons. The van der Waals surface area contributed by atoms with Crippen molar-refractivity contribution in [1.82, 2.24) is 9.29 Å². The summed E-state index contributed by atoms with van der Waals surface area (Å²) >= 11 is 0. The molecule has 1 N–H and O–H groups in total. The highest BCUT2D eigenvalue weighted by Crippen LogP contribution is 2.31. The van der Waals surface area contributed by atoms with Gasteiger partial charge in [0.25, 0.3) is 10.0 Å². The number of aryl methyl sites for hydroxylation is 1. The average molecular weight is 340 g/mol. The summed E-state index contributed by atoms with van der Waals surface area (Å²) in [4.78, 5) is 0.342. The van der Waals surface area contributed by atoms with Gasteiger partial charge in [0, 0.05) is 24.0 Å². The Bertz CT molecular complexity index is 1000. The van der Waals surface area contributed by atoms with Gasteiger partial charge in [-0.1, -0.05) is 35.9 Å². The lowest BCUT2D eigenvalue weighted by molar-refractivity contribution is 0.586. The molecule has 3 aromatic rings. The first-order valence-electron chi connectivity index (χ1n) is 8.23. The van der Waals surface area contributed by atoms with Crippen molar-refractivity contribution in [1.29, 1.82) is 0 Å². The Morgan fingerprint density at radius 1 is 0.958 bits per heavy atom. The van der Waals surface area contributed by atoms with E-state index in [2.05, 4.69) is 5.32 Å². The molecule has 2 heterocycles. The second kappa shape index (κ2) is 5.76. The number of hydrogen-bond donors (Lipinski definition) is 1. The Kier molecular flexibility index (Phi) is 3.70. The first kappa shape index (κ1) is 15.4. The van der Waals surface area contributed by atoms with Crippen LogP contribution in [0.4, 0.5) is 0 Å². The Balaban J connectivity index is 2.02. The maximum atomic E-state index is 13.3. The van der Waals surface area contributed by atoms with Gasteiger partial charge in [0.05, 0.1) is 10.4 Å². The summed E-state index contributed by atoms with van der Waals surface area (Å²) in [5, 5.41) is 4.41. The van der Waals surface area contributed by atoms with E-state index in [1.807, 2.05) is 43.3 Å². The Labute approximate surface area is 142 Å². The van der Waals surface area contributed by atoms with Crippen LogP contribution in [-0.2, 0) is 22.9 Å². The summed E-state index contributed by atoms with van der Waals surface area (Å²) in [5.41, 5.74) is 3.91. The van der Waals surface area contributed by atoms with Crippen LogP contribution in [0.15, 0.2) is 53.4 Å². The van der Waals surface area contributed by atoms with Crippen molar-refractivity contribution >= 4 is 20.9 Å². The fourth-order valence-electron chi connectivity index (χ4n) is 3.50. The second-order valence-corrected chi connectivity index (χ2v) is 8.06.